The zero-order valence-electron chi connectivity index (χ0n) is 13.9. The van der Waals surface area contributed by atoms with Crippen molar-refractivity contribution in [3.63, 3.8) is 0 Å². The summed E-state index contributed by atoms with van der Waals surface area (Å²) in [6.45, 7) is 0.311. The Kier molecular flexibility index (Phi) is 3.89. The molecule has 0 unspecified atom stereocenters. The SMILES string of the molecule is COc1cccc([C@H]2C[C@@H](O)CN2C(=O)c2cccc3nccn23)c1. The normalized spacial score (nSPS) is 20.2. The fourth-order valence-corrected chi connectivity index (χ4v) is 3.47. The number of likely N-dealkylation sites (tertiary alicyclic amines) is 1. The van der Waals surface area contributed by atoms with E-state index in [2.05, 4.69) is 4.98 Å². The van der Waals surface area contributed by atoms with Gasteiger partial charge in [0.25, 0.3) is 5.91 Å². The number of rotatable bonds is 3. The van der Waals surface area contributed by atoms with Crippen molar-refractivity contribution in [2.24, 2.45) is 0 Å². The summed E-state index contributed by atoms with van der Waals surface area (Å²) in [7, 11) is 1.62. The molecular formula is C19H19N3O3. The molecule has 0 bridgehead atoms. The molecule has 0 aliphatic carbocycles. The Bertz CT molecular complexity index is 921. The number of β-amino-alcohol motifs (C(OH)–C–C–N with tert-alkyl or cyclic N) is 1. The number of imidazole rings is 1. The number of fused-ring (bicyclic) bond motifs is 1. The Morgan fingerprint density at radius 3 is 2.96 bits per heavy atom. The van der Waals surface area contributed by atoms with Gasteiger partial charge >= 0.3 is 0 Å². The van der Waals surface area contributed by atoms with Crippen molar-refractivity contribution in [3.8, 4) is 5.75 Å². The van der Waals surface area contributed by atoms with Gasteiger partial charge in [0.2, 0.25) is 0 Å². The van der Waals surface area contributed by atoms with E-state index in [1.165, 1.54) is 0 Å². The number of pyridine rings is 1. The first-order valence-electron chi connectivity index (χ1n) is 8.22. The third-order valence-electron chi connectivity index (χ3n) is 4.67. The Labute approximate surface area is 145 Å². The van der Waals surface area contributed by atoms with Gasteiger partial charge in [-0.1, -0.05) is 18.2 Å². The number of aromatic nitrogens is 2. The predicted molar refractivity (Wildman–Crippen MR) is 92.6 cm³/mol. The standard InChI is InChI=1S/C19H19N3O3/c1-25-15-5-2-4-13(10-15)17-11-14(23)12-22(17)19(24)16-6-3-7-18-20-8-9-21(16)18/h2-10,14,17,23H,11-12H2,1H3/t14-,17-/m1/s1. The molecule has 6 heteroatoms. The summed E-state index contributed by atoms with van der Waals surface area (Å²) >= 11 is 0. The van der Waals surface area contributed by atoms with Crippen LogP contribution in [0.15, 0.2) is 54.9 Å². The lowest BCUT2D eigenvalue weighted by atomic mass is 10.0. The van der Waals surface area contributed by atoms with Gasteiger partial charge in [-0.3, -0.25) is 9.20 Å². The molecule has 1 aliphatic rings. The molecule has 1 fully saturated rings. The number of amides is 1. The van der Waals surface area contributed by atoms with Crippen LogP contribution in [0.1, 0.15) is 28.5 Å². The lowest BCUT2D eigenvalue weighted by Gasteiger charge is -2.25. The molecule has 6 nitrogen and oxygen atoms in total. The summed E-state index contributed by atoms with van der Waals surface area (Å²) in [5, 5.41) is 10.2. The van der Waals surface area contributed by atoms with Crippen molar-refractivity contribution in [1.29, 1.82) is 0 Å². The number of benzene rings is 1. The van der Waals surface area contributed by atoms with Crippen LogP contribution in [-0.4, -0.2) is 45.1 Å². The summed E-state index contributed by atoms with van der Waals surface area (Å²) < 4.78 is 7.06. The Morgan fingerprint density at radius 2 is 2.12 bits per heavy atom. The maximum absolute atomic E-state index is 13.2. The maximum Gasteiger partial charge on any atom is 0.271 e. The van der Waals surface area contributed by atoms with Crippen molar-refractivity contribution in [2.75, 3.05) is 13.7 Å². The second-order valence-corrected chi connectivity index (χ2v) is 6.21. The van der Waals surface area contributed by atoms with Crippen LogP contribution in [-0.2, 0) is 0 Å². The summed E-state index contributed by atoms with van der Waals surface area (Å²) in [6.07, 6.45) is 3.42. The van der Waals surface area contributed by atoms with Gasteiger partial charge in [0.1, 0.15) is 17.1 Å². The smallest absolute Gasteiger partial charge is 0.271 e. The lowest BCUT2D eigenvalue weighted by molar-refractivity contribution is 0.0708. The van der Waals surface area contributed by atoms with Crippen LogP contribution >= 0.6 is 0 Å². The molecule has 1 N–H and O–H groups in total. The highest BCUT2D eigenvalue weighted by Crippen LogP contribution is 2.34. The number of hydrogen-bond donors (Lipinski definition) is 1. The third kappa shape index (κ3) is 2.74. The van der Waals surface area contributed by atoms with Gasteiger partial charge in [-0.2, -0.15) is 0 Å². The zero-order valence-corrected chi connectivity index (χ0v) is 13.9. The number of carbonyl (C=O) groups is 1. The van der Waals surface area contributed by atoms with E-state index in [1.54, 1.807) is 34.9 Å². The Hall–Kier alpha value is -2.86. The third-order valence-corrected chi connectivity index (χ3v) is 4.67. The molecule has 1 aromatic carbocycles. The molecule has 3 heterocycles. The number of nitrogens with zero attached hydrogens (tertiary/aromatic N) is 3. The molecule has 2 atom stereocenters. The largest absolute Gasteiger partial charge is 0.497 e. The highest BCUT2D eigenvalue weighted by molar-refractivity contribution is 5.93. The van der Waals surface area contributed by atoms with Gasteiger partial charge in [-0.15, -0.1) is 0 Å². The van der Waals surface area contributed by atoms with E-state index in [1.807, 2.05) is 36.4 Å². The summed E-state index contributed by atoms with van der Waals surface area (Å²) in [5.41, 5.74) is 2.22. The van der Waals surface area contributed by atoms with Crippen molar-refractivity contribution in [1.82, 2.24) is 14.3 Å². The Balaban J connectivity index is 1.72. The molecule has 0 radical (unpaired) electrons. The monoisotopic (exact) mass is 337 g/mol. The number of carbonyl (C=O) groups excluding carboxylic acids is 1. The molecule has 4 rings (SSSR count). The van der Waals surface area contributed by atoms with E-state index in [0.29, 0.717) is 18.7 Å². The van der Waals surface area contributed by atoms with Gasteiger partial charge in [0, 0.05) is 18.9 Å². The molecule has 0 spiro atoms. The molecule has 1 amide bonds. The first kappa shape index (κ1) is 15.7. The number of aliphatic hydroxyl groups excluding tert-OH is 1. The van der Waals surface area contributed by atoms with E-state index >= 15 is 0 Å². The average molecular weight is 337 g/mol. The molecule has 1 aliphatic heterocycles. The Morgan fingerprint density at radius 1 is 1.28 bits per heavy atom. The predicted octanol–water partition coefficient (Wildman–Crippen LogP) is 2.29. The van der Waals surface area contributed by atoms with Crippen LogP contribution in [0.25, 0.3) is 5.65 Å². The molecule has 128 valence electrons. The number of methoxy groups -OCH3 is 1. The number of aliphatic hydroxyl groups is 1. The minimum absolute atomic E-state index is 0.118. The molecule has 25 heavy (non-hydrogen) atoms. The van der Waals surface area contributed by atoms with E-state index < -0.39 is 6.10 Å². The van der Waals surface area contributed by atoms with Crippen LogP contribution in [0.5, 0.6) is 5.75 Å². The van der Waals surface area contributed by atoms with Gasteiger partial charge < -0.3 is 14.7 Å². The van der Waals surface area contributed by atoms with Crippen molar-refractivity contribution >= 4 is 11.6 Å². The number of hydrogen-bond acceptors (Lipinski definition) is 4. The summed E-state index contributed by atoms with van der Waals surface area (Å²) in [4.78, 5) is 19.1. The van der Waals surface area contributed by atoms with Crippen molar-refractivity contribution < 1.29 is 14.6 Å². The second kappa shape index (κ2) is 6.22. The van der Waals surface area contributed by atoms with Gasteiger partial charge in [-0.05, 0) is 36.2 Å². The van der Waals surface area contributed by atoms with E-state index in [9.17, 15) is 9.90 Å². The summed E-state index contributed by atoms with van der Waals surface area (Å²) in [6, 6.07) is 12.9. The highest BCUT2D eigenvalue weighted by Gasteiger charge is 2.36. The first-order chi connectivity index (χ1) is 12.2. The number of ether oxygens (including phenoxy) is 1. The molecule has 3 aromatic rings. The van der Waals surface area contributed by atoms with E-state index in [-0.39, 0.29) is 11.9 Å². The average Bonchev–Trinajstić information content (AvgIpc) is 3.27. The van der Waals surface area contributed by atoms with Crippen molar-refractivity contribution in [2.45, 2.75) is 18.6 Å². The molecule has 2 aromatic heterocycles. The van der Waals surface area contributed by atoms with E-state index in [0.717, 1.165) is 17.0 Å². The van der Waals surface area contributed by atoms with Gasteiger partial charge in [0.15, 0.2) is 0 Å². The molecule has 0 saturated carbocycles. The van der Waals surface area contributed by atoms with Crippen LogP contribution in [0, 0.1) is 0 Å². The quantitative estimate of drug-likeness (QED) is 0.796. The lowest BCUT2D eigenvalue weighted by Crippen LogP contribution is -2.33. The molecule has 1 saturated heterocycles. The van der Waals surface area contributed by atoms with Crippen LogP contribution < -0.4 is 4.74 Å². The van der Waals surface area contributed by atoms with Gasteiger partial charge in [-0.25, -0.2) is 4.98 Å². The fraction of sp³-hybridized carbons (Fsp3) is 0.263. The van der Waals surface area contributed by atoms with Crippen LogP contribution in [0.4, 0.5) is 0 Å². The maximum atomic E-state index is 13.2. The van der Waals surface area contributed by atoms with Crippen molar-refractivity contribution in [3.05, 3.63) is 66.1 Å². The zero-order chi connectivity index (χ0) is 17.4. The minimum Gasteiger partial charge on any atom is -0.497 e. The minimum atomic E-state index is -0.540. The van der Waals surface area contributed by atoms with Crippen LogP contribution in [0.2, 0.25) is 0 Å². The second-order valence-electron chi connectivity index (χ2n) is 6.21. The topological polar surface area (TPSA) is 67.1 Å². The van der Waals surface area contributed by atoms with Crippen LogP contribution in [0.3, 0.4) is 0 Å². The summed E-state index contributed by atoms with van der Waals surface area (Å²) in [5.74, 6) is 0.621. The first-order valence-corrected chi connectivity index (χ1v) is 8.22. The molecular weight excluding hydrogens is 318 g/mol. The highest BCUT2D eigenvalue weighted by atomic mass is 16.5. The van der Waals surface area contributed by atoms with E-state index in [4.69, 9.17) is 4.74 Å². The van der Waals surface area contributed by atoms with Gasteiger partial charge in [0.05, 0.1) is 19.3 Å². The fourth-order valence-electron chi connectivity index (χ4n) is 3.47.